The van der Waals surface area contributed by atoms with Gasteiger partial charge in [-0.25, -0.2) is 9.78 Å². The molecule has 1 heterocycles. The maximum Gasteiger partial charge on any atom is 0.328 e. The second kappa shape index (κ2) is 8.18. The molecule has 1 aromatic heterocycles. The van der Waals surface area contributed by atoms with Gasteiger partial charge in [0.2, 0.25) is 5.89 Å². The fourth-order valence-corrected chi connectivity index (χ4v) is 2.32. The fourth-order valence-electron chi connectivity index (χ4n) is 2.32. The van der Waals surface area contributed by atoms with Crippen molar-refractivity contribution in [3.63, 3.8) is 0 Å². The average Bonchev–Trinajstić information content (AvgIpc) is 3.17. The number of oxazole rings is 1. The topological polar surface area (TPSA) is 107 Å². The largest absolute Gasteiger partial charge is 0.459 e. The van der Waals surface area contributed by atoms with Crippen molar-refractivity contribution in [2.75, 3.05) is 5.73 Å². The molecule has 0 saturated heterocycles. The maximum atomic E-state index is 12.3. The molecule has 27 heavy (non-hydrogen) atoms. The molecule has 1 unspecified atom stereocenters. The summed E-state index contributed by atoms with van der Waals surface area (Å²) >= 11 is 0. The van der Waals surface area contributed by atoms with Crippen LogP contribution in [0.25, 0.3) is 11.5 Å². The van der Waals surface area contributed by atoms with Crippen LogP contribution in [0.3, 0.4) is 0 Å². The van der Waals surface area contributed by atoms with E-state index in [2.05, 4.69) is 10.3 Å². The summed E-state index contributed by atoms with van der Waals surface area (Å²) in [6.07, 6.45) is 1.24. The summed E-state index contributed by atoms with van der Waals surface area (Å²) in [6, 6.07) is 15.4. The van der Waals surface area contributed by atoms with Gasteiger partial charge < -0.3 is 20.2 Å². The Bertz CT molecular complexity index is 920. The highest BCUT2D eigenvalue weighted by atomic mass is 16.5. The van der Waals surface area contributed by atoms with Crippen molar-refractivity contribution in [2.24, 2.45) is 0 Å². The molecule has 0 spiro atoms. The zero-order valence-electron chi connectivity index (χ0n) is 14.7. The number of carbonyl (C=O) groups is 2. The number of nitrogen functional groups attached to an aromatic ring is 1. The minimum atomic E-state index is -0.821. The number of benzene rings is 2. The van der Waals surface area contributed by atoms with Crippen LogP contribution in [-0.4, -0.2) is 22.9 Å². The first-order valence-electron chi connectivity index (χ1n) is 8.36. The van der Waals surface area contributed by atoms with Crippen molar-refractivity contribution in [1.82, 2.24) is 10.3 Å². The number of hydrogen-bond donors (Lipinski definition) is 2. The number of anilines is 1. The van der Waals surface area contributed by atoms with Gasteiger partial charge in [-0.2, -0.15) is 0 Å². The predicted octanol–water partition coefficient (Wildman–Crippen LogP) is 2.79. The zero-order valence-corrected chi connectivity index (χ0v) is 14.7. The molecule has 0 saturated carbocycles. The lowest BCUT2D eigenvalue weighted by atomic mass is 10.2. The molecular formula is C20H19N3O4. The van der Waals surface area contributed by atoms with Crippen LogP contribution in [0.1, 0.15) is 23.0 Å². The van der Waals surface area contributed by atoms with Crippen molar-refractivity contribution >= 4 is 17.6 Å². The summed E-state index contributed by atoms with van der Waals surface area (Å²) in [5.74, 6) is -0.765. The molecule has 1 atom stereocenters. The molecule has 2 aromatic carbocycles. The Morgan fingerprint density at radius 1 is 1.15 bits per heavy atom. The minimum absolute atomic E-state index is 0.0736. The Hall–Kier alpha value is -3.61. The van der Waals surface area contributed by atoms with Crippen LogP contribution >= 0.6 is 0 Å². The first kappa shape index (κ1) is 18.2. The number of carbonyl (C=O) groups excluding carboxylic acids is 2. The van der Waals surface area contributed by atoms with Gasteiger partial charge in [-0.15, -0.1) is 0 Å². The molecule has 0 radical (unpaired) electrons. The lowest BCUT2D eigenvalue weighted by Gasteiger charge is -2.12. The molecule has 0 bridgehead atoms. The Balaban J connectivity index is 1.56. The zero-order chi connectivity index (χ0) is 19.2. The average molecular weight is 365 g/mol. The third kappa shape index (κ3) is 4.72. The lowest BCUT2D eigenvalue weighted by molar-refractivity contribution is -0.146. The van der Waals surface area contributed by atoms with Gasteiger partial charge in [-0.05, 0) is 36.8 Å². The second-order valence-electron chi connectivity index (χ2n) is 5.95. The van der Waals surface area contributed by atoms with Gasteiger partial charge in [0.25, 0.3) is 5.91 Å². The molecule has 0 aliphatic heterocycles. The number of rotatable bonds is 6. The molecule has 3 aromatic rings. The van der Waals surface area contributed by atoms with Crippen molar-refractivity contribution in [3.05, 3.63) is 72.1 Å². The molecular weight excluding hydrogens is 346 g/mol. The second-order valence-corrected chi connectivity index (χ2v) is 5.95. The van der Waals surface area contributed by atoms with E-state index in [-0.39, 0.29) is 12.3 Å². The van der Waals surface area contributed by atoms with Crippen molar-refractivity contribution < 1.29 is 18.7 Å². The smallest absolute Gasteiger partial charge is 0.328 e. The quantitative estimate of drug-likeness (QED) is 0.514. The molecule has 3 rings (SSSR count). The number of amides is 1. The summed E-state index contributed by atoms with van der Waals surface area (Å²) in [6.45, 7) is 1.69. The number of hydrogen-bond acceptors (Lipinski definition) is 6. The van der Waals surface area contributed by atoms with Crippen LogP contribution in [0.4, 0.5) is 5.69 Å². The van der Waals surface area contributed by atoms with E-state index in [1.54, 1.807) is 31.2 Å². The van der Waals surface area contributed by atoms with E-state index in [0.29, 0.717) is 17.1 Å². The van der Waals surface area contributed by atoms with E-state index < -0.39 is 17.9 Å². The summed E-state index contributed by atoms with van der Waals surface area (Å²) in [5, 5.41) is 2.55. The van der Waals surface area contributed by atoms with E-state index >= 15 is 0 Å². The van der Waals surface area contributed by atoms with Crippen LogP contribution in [0, 0.1) is 0 Å². The van der Waals surface area contributed by atoms with E-state index in [1.807, 2.05) is 30.3 Å². The first-order valence-corrected chi connectivity index (χ1v) is 8.36. The van der Waals surface area contributed by atoms with Crippen LogP contribution in [0.2, 0.25) is 0 Å². The van der Waals surface area contributed by atoms with Gasteiger partial charge in [-0.3, -0.25) is 4.79 Å². The number of aromatic nitrogens is 1. The SMILES string of the molecule is CC(NC(=O)c1coc(-c2ccc(N)cc2)n1)C(=O)OCc1ccccc1. The van der Waals surface area contributed by atoms with Crippen LogP contribution < -0.4 is 11.1 Å². The molecule has 3 N–H and O–H groups in total. The highest BCUT2D eigenvalue weighted by molar-refractivity contribution is 5.95. The molecule has 0 fully saturated rings. The summed E-state index contributed by atoms with van der Waals surface area (Å²) in [7, 11) is 0. The highest BCUT2D eigenvalue weighted by Crippen LogP contribution is 2.19. The Labute approximate surface area is 156 Å². The molecule has 7 heteroatoms. The number of esters is 1. The molecule has 1 amide bonds. The first-order chi connectivity index (χ1) is 13.0. The third-order valence-electron chi connectivity index (χ3n) is 3.82. The van der Waals surface area contributed by atoms with Gasteiger partial charge in [0.15, 0.2) is 5.69 Å². The third-order valence-corrected chi connectivity index (χ3v) is 3.82. The van der Waals surface area contributed by atoms with E-state index in [0.717, 1.165) is 5.56 Å². The Morgan fingerprint density at radius 3 is 2.56 bits per heavy atom. The van der Waals surface area contributed by atoms with Gasteiger partial charge in [0.05, 0.1) is 0 Å². The standard InChI is InChI=1S/C20H19N3O4/c1-13(20(25)27-11-14-5-3-2-4-6-14)22-18(24)17-12-26-19(23-17)15-7-9-16(21)10-8-15/h2-10,12-13H,11,21H2,1H3,(H,22,24). The number of ether oxygens (including phenoxy) is 1. The minimum Gasteiger partial charge on any atom is -0.459 e. The van der Waals surface area contributed by atoms with Gasteiger partial charge in [-0.1, -0.05) is 30.3 Å². The van der Waals surface area contributed by atoms with Gasteiger partial charge in [0.1, 0.15) is 18.9 Å². The Kier molecular flexibility index (Phi) is 5.51. The summed E-state index contributed by atoms with van der Waals surface area (Å²) < 4.78 is 10.5. The van der Waals surface area contributed by atoms with Gasteiger partial charge in [0, 0.05) is 11.3 Å². The fraction of sp³-hybridized carbons (Fsp3) is 0.150. The number of nitrogens with two attached hydrogens (primary N) is 1. The Morgan fingerprint density at radius 2 is 1.85 bits per heavy atom. The van der Waals surface area contributed by atoms with Crippen molar-refractivity contribution in [3.8, 4) is 11.5 Å². The molecule has 7 nitrogen and oxygen atoms in total. The summed E-state index contributed by atoms with van der Waals surface area (Å²) in [5.41, 5.74) is 7.90. The monoisotopic (exact) mass is 365 g/mol. The van der Waals surface area contributed by atoms with Crippen LogP contribution in [0.5, 0.6) is 0 Å². The van der Waals surface area contributed by atoms with E-state index in [9.17, 15) is 9.59 Å². The van der Waals surface area contributed by atoms with E-state index in [4.69, 9.17) is 14.9 Å². The highest BCUT2D eigenvalue weighted by Gasteiger charge is 2.20. The molecule has 0 aliphatic carbocycles. The normalized spacial score (nSPS) is 11.6. The summed E-state index contributed by atoms with van der Waals surface area (Å²) in [4.78, 5) is 28.5. The van der Waals surface area contributed by atoms with Crippen LogP contribution in [0.15, 0.2) is 65.3 Å². The van der Waals surface area contributed by atoms with Crippen molar-refractivity contribution in [1.29, 1.82) is 0 Å². The van der Waals surface area contributed by atoms with Crippen LogP contribution in [-0.2, 0) is 16.1 Å². The number of nitrogens with zero attached hydrogens (tertiary/aromatic N) is 1. The van der Waals surface area contributed by atoms with Gasteiger partial charge >= 0.3 is 5.97 Å². The maximum absolute atomic E-state index is 12.3. The molecule has 138 valence electrons. The van der Waals surface area contributed by atoms with E-state index in [1.165, 1.54) is 6.26 Å². The predicted molar refractivity (Wildman–Crippen MR) is 99.5 cm³/mol. The van der Waals surface area contributed by atoms with Crippen molar-refractivity contribution in [2.45, 2.75) is 19.6 Å². The molecule has 0 aliphatic rings. The number of nitrogens with one attached hydrogen (secondary N) is 1. The lowest BCUT2D eigenvalue weighted by Crippen LogP contribution is -2.39.